The fourth-order valence-electron chi connectivity index (χ4n) is 1.82. The number of benzene rings is 1. The van der Waals surface area contributed by atoms with Crippen LogP contribution < -0.4 is 11.1 Å². The zero-order valence-corrected chi connectivity index (χ0v) is 13.2. The zero-order chi connectivity index (χ0) is 14.5. The standard InChI is InChI=1S/C14H17ClN4O.ClH/c1-2-3-6-17-14(16)19-13(20)12-8-9-7-10(15)4-5-11(9)18-12;/h4-5,7-8,18H,2-3,6H2,1H3,(H3,16,17,19,20);1H. The third-order valence-corrected chi connectivity index (χ3v) is 3.11. The van der Waals surface area contributed by atoms with Crippen LogP contribution in [0.25, 0.3) is 10.9 Å². The van der Waals surface area contributed by atoms with Crippen LogP contribution in [0.4, 0.5) is 0 Å². The molecule has 0 bridgehead atoms. The molecule has 0 fully saturated rings. The highest BCUT2D eigenvalue weighted by Crippen LogP contribution is 2.20. The van der Waals surface area contributed by atoms with E-state index in [9.17, 15) is 4.79 Å². The molecule has 2 rings (SSSR count). The number of nitrogens with two attached hydrogens (primary N) is 1. The number of rotatable bonds is 4. The van der Waals surface area contributed by atoms with Crippen molar-refractivity contribution in [2.45, 2.75) is 19.8 Å². The molecule has 1 aromatic carbocycles. The van der Waals surface area contributed by atoms with E-state index >= 15 is 0 Å². The Kier molecular flexibility index (Phi) is 6.52. The van der Waals surface area contributed by atoms with Gasteiger partial charge < -0.3 is 16.0 Å². The van der Waals surface area contributed by atoms with Crippen molar-refractivity contribution in [2.24, 2.45) is 10.7 Å². The molecule has 0 spiro atoms. The smallest absolute Gasteiger partial charge is 0.296 e. The number of guanidine groups is 1. The fourth-order valence-corrected chi connectivity index (χ4v) is 2.00. The normalized spacial score (nSPS) is 11.2. The molecule has 0 atom stereocenters. The summed E-state index contributed by atoms with van der Waals surface area (Å²) in [5, 5.41) is 4.39. The van der Waals surface area contributed by atoms with E-state index in [0.717, 1.165) is 23.7 Å². The topological polar surface area (TPSA) is 83.3 Å². The molecule has 0 aliphatic carbocycles. The Balaban J connectivity index is 0.00000220. The Bertz CT molecular complexity index is 651. The number of aromatic nitrogens is 1. The molecule has 1 amide bonds. The van der Waals surface area contributed by atoms with Crippen molar-refractivity contribution in [1.29, 1.82) is 0 Å². The molecular weight excluding hydrogens is 311 g/mol. The summed E-state index contributed by atoms with van der Waals surface area (Å²) in [5.41, 5.74) is 6.88. The van der Waals surface area contributed by atoms with Crippen molar-refractivity contribution >= 4 is 46.8 Å². The number of unbranched alkanes of at least 4 members (excludes halogenated alkanes) is 1. The predicted molar refractivity (Wildman–Crippen MR) is 89.4 cm³/mol. The van der Waals surface area contributed by atoms with Crippen molar-refractivity contribution in [3.05, 3.63) is 35.0 Å². The van der Waals surface area contributed by atoms with Gasteiger partial charge in [-0.3, -0.25) is 4.79 Å². The minimum absolute atomic E-state index is 0. The van der Waals surface area contributed by atoms with E-state index in [4.69, 9.17) is 17.3 Å². The molecular formula is C14H18Cl2N4O. The van der Waals surface area contributed by atoms with Gasteiger partial charge in [-0.1, -0.05) is 24.9 Å². The number of hydrogen-bond acceptors (Lipinski definition) is 1. The lowest BCUT2D eigenvalue weighted by atomic mass is 10.2. The van der Waals surface area contributed by atoms with Gasteiger partial charge in [-0.25, -0.2) is 0 Å². The Morgan fingerprint density at radius 3 is 2.90 bits per heavy atom. The van der Waals surface area contributed by atoms with Crippen LogP contribution in [-0.2, 0) is 0 Å². The van der Waals surface area contributed by atoms with Gasteiger partial charge >= 0.3 is 0 Å². The molecule has 1 aromatic heterocycles. The Morgan fingerprint density at radius 2 is 2.19 bits per heavy atom. The maximum absolute atomic E-state index is 12.0. The summed E-state index contributed by atoms with van der Waals surface area (Å²) in [6.07, 6.45) is 2.03. The molecule has 0 unspecified atom stereocenters. The van der Waals surface area contributed by atoms with E-state index in [-0.39, 0.29) is 18.4 Å². The lowest BCUT2D eigenvalue weighted by Gasteiger charge is -2.02. The Morgan fingerprint density at radius 1 is 1.43 bits per heavy atom. The Hall–Kier alpha value is -1.72. The van der Waals surface area contributed by atoms with Crippen molar-refractivity contribution in [3.8, 4) is 0 Å². The molecule has 0 saturated heterocycles. The molecule has 114 valence electrons. The molecule has 0 radical (unpaired) electrons. The number of aromatic amines is 1. The van der Waals surface area contributed by atoms with Gasteiger partial charge in [0.15, 0.2) is 5.96 Å². The summed E-state index contributed by atoms with van der Waals surface area (Å²) in [7, 11) is 0. The number of hydrogen-bond donors (Lipinski definition) is 3. The number of nitrogens with one attached hydrogen (secondary N) is 2. The first-order valence-electron chi connectivity index (χ1n) is 6.51. The third kappa shape index (κ3) is 4.65. The number of H-pyrrole nitrogens is 1. The second kappa shape index (κ2) is 7.90. The Labute approximate surface area is 134 Å². The first-order chi connectivity index (χ1) is 9.60. The van der Waals surface area contributed by atoms with Crippen molar-refractivity contribution < 1.29 is 4.79 Å². The highest BCUT2D eigenvalue weighted by atomic mass is 35.5. The quantitative estimate of drug-likeness (QED) is 0.458. The molecule has 4 N–H and O–H groups in total. The second-order valence-corrected chi connectivity index (χ2v) is 4.93. The molecule has 0 saturated carbocycles. The van der Waals surface area contributed by atoms with Crippen LogP contribution >= 0.6 is 24.0 Å². The minimum Gasteiger partial charge on any atom is -0.370 e. The molecule has 0 aliphatic rings. The van der Waals surface area contributed by atoms with Crippen LogP contribution in [0.3, 0.4) is 0 Å². The average molecular weight is 329 g/mol. The maximum atomic E-state index is 12.0. The lowest BCUT2D eigenvalue weighted by molar-refractivity contribution is 0.0998. The first kappa shape index (κ1) is 17.3. The van der Waals surface area contributed by atoms with E-state index in [1.54, 1.807) is 18.2 Å². The van der Waals surface area contributed by atoms with Crippen molar-refractivity contribution in [2.75, 3.05) is 6.54 Å². The monoisotopic (exact) mass is 328 g/mol. The van der Waals surface area contributed by atoms with Crippen LogP contribution in [0, 0.1) is 0 Å². The molecule has 1 heterocycles. The molecule has 21 heavy (non-hydrogen) atoms. The largest absolute Gasteiger partial charge is 0.370 e. The van der Waals surface area contributed by atoms with Gasteiger partial charge in [-0.05, 0) is 30.7 Å². The van der Waals surface area contributed by atoms with Gasteiger partial charge in [0, 0.05) is 22.5 Å². The highest BCUT2D eigenvalue weighted by Gasteiger charge is 2.09. The summed E-state index contributed by atoms with van der Waals surface area (Å²) in [5.74, 6) is -0.265. The van der Waals surface area contributed by atoms with Gasteiger partial charge in [0.25, 0.3) is 5.91 Å². The van der Waals surface area contributed by atoms with Gasteiger partial charge in [0.05, 0.1) is 0 Å². The molecule has 0 aliphatic heterocycles. The number of amides is 1. The van der Waals surface area contributed by atoms with Gasteiger partial charge in [-0.15, -0.1) is 12.4 Å². The molecule has 7 heteroatoms. The van der Waals surface area contributed by atoms with Gasteiger partial charge in [0.1, 0.15) is 5.69 Å². The van der Waals surface area contributed by atoms with Crippen LogP contribution in [0.1, 0.15) is 30.3 Å². The third-order valence-electron chi connectivity index (χ3n) is 2.87. The summed E-state index contributed by atoms with van der Waals surface area (Å²) in [6.45, 7) is 2.79. The first-order valence-corrected chi connectivity index (χ1v) is 6.88. The van der Waals surface area contributed by atoms with Crippen LogP contribution in [0.5, 0.6) is 0 Å². The fraction of sp³-hybridized carbons (Fsp3) is 0.286. The van der Waals surface area contributed by atoms with Crippen LogP contribution in [0.2, 0.25) is 5.02 Å². The summed E-state index contributed by atoms with van der Waals surface area (Å²) < 4.78 is 0. The number of carbonyl (C=O) groups is 1. The predicted octanol–water partition coefficient (Wildman–Crippen LogP) is 3.09. The van der Waals surface area contributed by atoms with E-state index < -0.39 is 5.91 Å². The summed E-state index contributed by atoms with van der Waals surface area (Å²) in [4.78, 5) is 18.8. The minimum atomic E-state index is -0.404. The second-order valence-electron chi connectivity index (χ2n) is 4.50. The van der Waals surface area contributed by atoms with Crippen LogP contribution in [-0.4, -0.2) is 23.4 Å². The molecule has 2 aromatic rings. The highest BCUT2D eigenvalue weighted by molar-refractivity contribution is 6.31. The number of fused-ring (bicyclic) bond motifs is 1. The van der Waals surface area contributed by atoms with E-state index in [1.807, 2.05) is 6.07 Å². The SMILES string of the molecule is CCCCNC(N)=NC(=O)c1cc2cc(Cl)ccc2[nH]1.Cl. The van der Waals surface area contributed by atoms with E-state index in [1.165, 1.54) is 0 Å². The number of aliphatic imine (C=N–C) groups is 1. The van der Waals surface area contributed by atoms with E-state index in [2.05, 4.69) is 22.2 Å². The maximum Gasteiger partial charge on any atom is 0.296 e. The summed E-state index contributed by atoms with van der Waals surface area (Å²) >= 11 is 5.91. The zero-order valence-electron chi connectivity index (χ0n) is 11.6. The van der Waals surface area contributed by atoms with Crippen LogP contribution in [0.15, 0.2) is 29.3 Å². The van der Waals surface area contributed by atoms with Crippen molar-refractivity contribution in [1.82, 2.24) is 10.3 Å². The van der Waals surface area contributed by atoms with Gasteiger partial charge in [-0.2, -0.15) is 4.99 Å². The van der Waals surface area contributed by atoms with E-state index in [0.29, 0.717) is 17.3 Å². The number of halogens is 2. The lowest BCUT2D eigenvalue weighted by Crippen LogP contribution is -2.33. The number of nitrogens with zero attached hydrogens (tertiary/aromatic N) is 1. The van der Waals surface area contributed by atoms with Crippen molar-refractivity contribution in [3.63, 3.8) is 0 Å². The number of carbonyl (C=O) groups excluding carboxylic acids is 1. The molecule has 5 nitrogen and oxygen atoms in total. The van der Waals surface area contributed by atoms with Gasteiger partial charge in [0.2, 0.25) is 0 Å². The average Bonchev–Trinajstić information content (AvgIpc) is 2.82. The summed E-state index contributed by atoms with van der Waals surface area (Å²) in [6, 6.07) is 7.09.